The molecule has 2 aromatic carbocycles. The van der Waals surface area contributed by atoms with Gasteiger partial charge in [0.15, 0.2) is 0 Å². The lowest BCUT2D eigenvalue weighted by Gasteiger charge is -2.20. The second-order valence-electron chi connectivity index (χ2n) is 4.71. The molecule has 2 aromatic rings. The van der Waals surface area contributed by atoms with E-state index in [0.717, 1.165) is 5.56 Å². The van der Waals surface area contributed by atoms with Gasteiger partial charge in [0.25, 0.3) is 10.0 Å². The molecule has 112 valence electrons. The van der Waals surface area contributed by atoms with E-state index in [4.69, 9.17) is 10.5 Å². The third-order valence-corrected chi connectivity index (χ3v) is 5.11. The molecule has 0 heterocycles. The Morgan fingerprint density at radius 2 is 1.71 bits per heavy atom. The minimum atomic E-state index is -3.71. The monoisotopic (exact) mass is 306 g/mol. The van der Waals surface area contributed by atoms with Crippen molar-refractivity contribution < 1.29 is 13.2 Å². The first kappa shape index (κ1) is 15.2. The van der Waals surface area contributed by atoms with Crippen LogP contribution in [0.25, 0.3) is 0 Å². The van der Waals surface area contributed by atoms with Crippen molar-refractivity contribution in [2.75, 3.05) is 24.2 Å². The third kappa shape index (κ3) is 2.95. The largest absolute Gasteiger partial charge is 0.497 e. The molecule has 0 aliphatic heterocycles. The molecule has 0 aliphatic carbocycles. The van der Waals surface area contributed by atoms with Crippen LogP contribution in [-0.4, -0.2) is 22.6 Å². The van der Waals surface area contributed by atoms with Crippen LogP contribution in [0.3, 0.4) is 0 Å². The van der Waals surface area contributed by atoms with Crippen LogP contribution in [0.15, 0.2) is 47.4 Å². The van der Waals surface area contributed by atoms with Gasteiger partial charge in [-0.3, -0.25) is 4.31 Å². The van der Waals surface area contributed by atoms with Crippen LogP contribution in [0.4, 0.5) is 11.4 Å². The molecule has 0 fully saturated rings. The lowest BCUT2D eigenvalue weighted by molar-refractivity contribution is 0.414. The molecule has 2 rings (SSSR count). The normalized spacial score (nSPS) is 11.2. The number of methoxy groups -OCH3 is 1. The molecule has 0 amide bonds. The van der Waals surface area contributed by atoms with E-state index < -0.39 is 10.0 Å². The summed E-state index contributed by atoms with van der Waals surface area (Å²) in [6.45, 7) is 1.94. The number of nitrogens with zero attached hydrogens (tertiary/aromatic N) is 1. The maximum Gasteiger partial charge on any atom is 0.266 e. The number of anilines is 2. The van der Waals surface area contributed by atoms with E-state index in [1.807, 2.05) is 19.1 Å². The van der Waals surface area contributed by atoms with Crippen molar-refractivity contribution in [1.29, 1.82) is 0 Å². The predicted molar refractivity (Wildman–Crippen MR) is 84.2 cm³/mol. The number of hydrogen-bond donors (Lipinski definition) is 1. The summed E-state index contributed by atoms with van der Waals surface area (Å²) in [5.74, 6) is 0.518. The highest BCUT2D eigenvalue weighted by Crippen LogP contribution is 2.28. The van der Waals surface area contributed by atoms with E-state index in [1.165, 1.54) is 30.6 Å². The van der Waals surface area contributed by atoms with E-state index in [0.29, 0.717) is 11.4 Å². The standard InChI is InChI=1S/C15H18N2O3S/c1-11-4-6-12(7-5-11)17(2)21(18,19)15-9-8-13(20-3)10-14(15)16/h4-10H,16H2,1-3H3. The maximum atomic E-state index is 12.6. The van der Waals surface area contributed by atoms with Gasteiger partial charge in [0.05, 0.1) is 18.5 Å². The summed E-state index contributed by atoms with van der Waals surface area (Å²) < 4.78 is 31.5. The van der Waals surface area contributed by atoms with Gasteiger partial charge in [-0.25, -0.2) is 8.42 Å². The Hall–Kier alpha value is -2.21. The predicted octanol–water partition coefficient (Wildman–Crippen LogP) is 2.41. The number of hydrogen-bond acceptors (Lipinski definition) is 4. The Morgan fingerprint density at radius 1 is 1.10 bits per heavy atom. The first-order valence-electron chi connectivity index (χ1n) is 6.35. The summed E-state index contributed by atoms with van der Waals surface area (Å²) in [7, 11) is -0.703. The van der Waals surface area contributed by atoms with Crippen LogP contribution in [0, 0.1) is 6.92 Å². The fraction of sp³-hybridized carbons (Fsp3) is 0.200. The quantitative estimate of drug-likeness (QED) is 0.880. The Morgan fingerprint density at radius 3 is 2.24 bits per heavy atom. The van der Waals surface area contributed by atoms with Gasteiger partial charge in [0.1, 0.15) is 10.6 Å². The molecule has 0 saturated heterocycles. The lowest BCUT2D eigenvalue weighted by atomic mass is 10.2. The van der Waals surface area contributed by atoms with Crippen molar-refractivity contribution in [2.24, 2.45) is 0 Å². The average Bonchev–Trinajstić information content (AvgIpc) is 2.46. The van der Waals surface area contributed by atoms with Gasteiger partial charge in [-0.15, -0.1) is 0 Å². The smallest absolute Gasteiger partial charge is 0.266 e. The van der Waals surface area contributed by atoms with Crippen molar-refractivity contribution in [3.8, 4) is 5.75 Å². The van der Waals surface area contributed by atoms with Crippen LogP contribution >= 0.6 is 0 Å². The molecule has 21 heavy (non-hydrogen) atoms. The molecule has 0 bridgehead atoms. The van der Waals surface area contributed by atoms with Crippen LogP contribution in [0.2, 0.25) is 0 Å². The first-order chi connectivity index (χ1) is 9.86. The number of nitrogen functional groups attached to an aromatic ring is 1. The molecule has 0 unspecified atom stereocenters. The molecule has 5 nitrogen and oxygen atoms in total. The molecule has 0 saturated carbocycles. The zero-order chi connectivity index (χ0) is 15.6. The molecule has 0 spiro atoms. The van der Waals surface area contributed by atoms with Gasteiger partial charge in [-0.2, -0.15) is 0 Å². The number of benzene rings is 2. The second-order valence-corrected chi connectivity index (χ2v) is 6.65. The summed E-state index contributed by atoms with van der Waals surface area (Å²) >= 11 is 0. The molecule has 0 atom stereocenters. The molecule has 6 heteroatoms. The highest BCUT2D eigenvalue weighted by molar-refractivity contribution is 7.93. The van der Waals surface area contributed by atoms with Crippen LogP contribution in [-0.2, 0) is 10.0 Å². The van der Waals surface area contributed by atoms with Crippen molar-refractivity contribution in [3.05, 3.63) is 48.0 Å². The number of aryl methyl sites for hydroxylation is 1. The maximum absolute atomic E-state index is 12.6. The molecular formula is C15H18N2O3S. The average molecular weight is 306 g/mol. The van der Waals surface area contributed by atoms with Crippen LogP contribution < -0.4 is 14.8 Å². The zero-order valence-electron chi connectivity index (χ0n) is 12.2. The number of rotatable bonds is 4. The molecule has 0 aliphatic rings. The highest BCUT2D eigenvalue weighted by Gasteiger charge is 2.24. The van der Waals surface area contributed by atoms with E-state index in [1.54, 1.807) is 18.2 Å². The Balaban J connectivity index is 2.44. The van der Waals surface area contributed by atoms with Gasteiger partial charge in [0.2, 0.25) is 0 Å². The van der Waals surface area contributed by atoms with Gasteiger partial charge >= 0.3 is 0 Å². The van der Waals surface area contributed by atoms with Crippen molar-refractivity contribution >= 4 is 21.4 Å². The van der Waals surface area contributed by atoms with E-state index >= 15 is 0 Å². The minimum Gasteiger partial charge on any atom is -0.497 e. The van der Waals surface area contributed by atoms with Gasteiger partial charge in [-0.1, -0.05) is 17.7 Å². The highest BCUT2D eigenvalue weighted by atomic mass is 32.2. The second kappa shape index (κ2) is 5.65. The fourth-order valence-corrected chi connectivity index (χ4v) is 3.22. The molecule has 2 N–H and O–H groups in total. The summed E-state index contributed by atoms with van der Waals surface area (Å²) in [6, 6.07) is 11.8. The third-order valence-electron chi connectivity index (χ3n) is 3.25. The Bertz CT molecular complexity index is 740. The number of sulfonamides is 1. The van der Waals surface area contributed by atoms with Crippen LogP contribution in [0.5, 0.6) is 5.75 Å². The fourth-order valence-electron chi connectivity index (χ4n) is 1.93. The number of nitrogens with two attached hydrogens (primary N) is 1. The Labute approximate surface area is 125 Å². The first-order valence-corrected chi connectivity index (χ1v) is 7.79. The summed E-state index contributed by atoms with van der Waals surface area (Å²) in [5, 5.41) is 0. The van der Waals surface area contributed by atoms with Crippen molar-refractivity contribution in [1.82, 2.24) is 0 Å². The van der Waals surface area contributed by atoms with Crippen molar-refractivity contribution in [2.45, 2.75) is 11.8 Å². The summed E-state index contributed by atoms with van der Waals surface area (Å²) in [5.41, 5.74) is 7.64. The van der Waals surface area contributed by atoms with Gasteiger partial charge < -0.3 is 10.5 Å². The van der Waals surface area contributed by atoms with Gasteiger partial charge in [0, 0.05) is 13.1 Å². The SMILES string of the molecule is COc1ccc(S(=O)(=O)N(C)c2ccc(C)cc2)c(N)c1. The minimum absolute atomic E-state index is 0.0615. The van der Waals surface area contributed by atoms with E-state index in [9.17, 15) is 8.42 Å². The Kier molecular flexibility index (Phi) is 4.09. The topological polar surface area (TPSA) is 72.6 Å². The van der Waals surface area contributed by atoms with Crippen LogP contribution in [0.1, 0.15) is 5.56 Å². The summed E-state index contributed by atoms with van der Waals surface area (Å²) in [4.78, 5) is 0.0615. The number of ether oxygens (including phenoxy) is 1. The molecule has 0 aromatic heterocycles. The summed E-state index contributed by atoms with van der Waals surface area (Å²) in [6.07, 6.45) is 0. The lowest BCUT2D eigenvalue weighted by Crippen LogP contribution is -2.27. The molecule has 0 radical (unpaired) electrons. The zero-order valence-corrected chi connectivity index (χ0v) is 13.0. The van der Waals surface area contributed by atoms with E-state index in [2.05, 4.69) is 0 Å². The van der Waals surface area contributed by atoms with Gasteiger partial charge in [-0.05, 0) is 31.2 Å². The molecular weight excluding hydrogens is 288 g/mol. The van der Waals surface area contributed by atoms with Crippen molar-refractivity contribution in [3.63, 3.8) is 0 Å². The van der Waals surface area contributed by atoms with E-state index in [-0.39, 0.29) is 10.6 Å².